The number of hydrogen-bond donors (Lipinski definition) is 1. The fraction of sp³-hybridized carbons (Fsp3) is 0.318. The second-order valence-electron chi connectivity index (χ2n) is 6.94. The predicted molar refractivity (Wildman–Crippen MR) is 113 cm³/mol. The molecule has 0 fully saturated rings. The van der Waals surface area contributed by atoms with Crippen LogP contribution in [-0.4, -0.2) is 39.9 Å². The van der Waals surface area contributed by atoms with Gasteiger partial charge >= 0.3 is 5.69 Å². The van der Waals surface area contributed by atoms with Gasteiger partial charge in [-0.1, -0.05) is 24.3 Å². The number of aromatic nitrogens is 2. The molecule has 2 amide bonds. The molecular weight excluding hydrogens is 368 g/mol. The van der Waals surface area contributed by atoms with Gasteiger partial charge in [0.25, 0.3) is 5.91 Å². The third-order valence-corrected chi connectivity index (χ3v) is 5.08. The molecule has 0 saturated heterocycles. The number of para-hydroxylation sites is 2. The Morgan fingerprint density at radius 1 is 1.00 bits per heavy atom. The number of hydrogen-bond acceptors (Lipinski definition) is 3. The molecule has 29 heavy (non-hydrogen) atoms. The summed E-state index contributed by atoms with van der Waals surface area (Å²) in [6, 6.07) is 14.8. The van der Waals surface area contributed by atoms with Crippen LogP contribution >= 0.6 is 0 Å². The van der Waals surface area contributed by atoms with Crippen molar-refractivity contribution in [2.24, 2.45) is 0 Å². The summed E-state index contributed by atoms with van der Waals surface area (Å²) < 4.78 is 3.39. The largest absolute Gasteiger partial charge is 0.355 e. The Kier molecular flexibility index (Phi) is 6.16. The highest BCUT2D eigenvalue weighted by Crippen LogP contribution is 2.14. The summed E-state index contributed by atoms with van der Waals surface area (Å²) in [6.07, 6.45) is 0.241. The van der Waals surface area contributed by atoms with Gasteiger partial charge in [0.05, 0.1) is 11.0 Å². The molecule has 152 valence electrons. The van der Waals surface area contributed by atoms with Crippen molar-refractivity contribution in [3.8, 4) is 0 Å². The number of carbonyl (C=O) groups excluding carboxylic acids is 2. The first-order valence-corrected chi connectivity index (χ1v) is 9.69. The fourth-order valence-electron chi connectivity index (χ4n) is 3.46. The molecule has 0 aliphatic heterocycles. The molecule has 7 nitrogen and oxygen atoms in total. The van der Waals surface area contributed by atoms with Crippen LogP contribution in [0.1, 0.15) is 29.3 Å². The molecule has 1 heterocycles. The van der Waals surface area contributed by atoms with Crippen molar-refractivity contribution in [3.63, 3.8) is 0 Å². The van der Waals surface area contributed by atoms with Crippen molar-refractivity contribution >= 4 is 22.8 Å². The number of amides is 2. The maximum Gasteiger partial charge on any atom is 0.329 e. The van der Waals surface area contributed by atoms with E-state index in [0.29, 0.717) is 25.2 Å². The van der Waals surface area contributed by atoms with Crippen LogP contribution in [0.25, 0.3) is 11.0 Å². The van der Waals surface area contributed by atoms with Gasteiger partial charge < -0.3 is 10.2 Å². The lowest BCUT2D eigenvalue weighted by molar-refractivity contribution is -0.130. The molecule has 2 aromatic carbocycles. The molecule has 0 saturated carbocycles. The number of fused-ring (bicyclic) bond motifs is 1. The first kappa shape index (κ1) is 20.4. The van der Waals surface area contributed by atoms with E-state index in [2.05, 4.69) is 5.32 Å². The number of nitrogens with one attached hydrogen (secondary N) is 1. The second-order valence-corrected chi connectivity index (χ2v) is 6.94. The minimum atomic E-state index is -0.141. The zero-order valence-corrected chi connectivity index (χ0v) is 17.0. The summed E-state index contributed by atoms with van der Waals surface area (Å²) in [4.78, 5) is 38.5. The zero-order valence-electron chi connectivity index (χ0n) is 17.0. The lowest BCUT2D eigenvalue weighted by Crippen LogP contribution is -2.29. The highest BCUT2D eigenvalue weighted by molar-refractivity contribution is 5.93. The zero-order chi connectivity index (χ0) is 21.0. The van der Waals surface area contributed by atoms with E-state index in [0.717, 1.165) is 16.6 Å². The average Bonchev–Trinajstić information content (AvgIpc) is 3.02. The fourth-order valence-corrected chi connectivity index (χ4v) is 3.46. The molecule has 0 bridgehead atoms. The van der Waals surface area contributed by atoms with Crippen molar-refractivity contribution in [1.29, 1.82) is 0 Å². The normalized spacial score (nSPS) is 10.9. The highest BCUT2D eigenvalue weighted by atomic mass is 16.2. The van der Waals surface area contributed by atoms with Crippen molar-refractivity contribution < 1.29 is 9.59 Å². The predicted octanol–water partition coefficient (Wildman–Crippen LogP) is 2.23. The van der Waals surface area contributed by atoms with Crippen LogP contribution < -0.4 is 11.0 Å². The average molecular weight is 394 g/mol. The summed E-state index contributed by atoms with van der Waals surface area (Å²) in [6.45, 7) is 3.31. The van der Waals surface area contributed by atoms with Gasteiger partial charge in [-0.05, 0) is 36.8 Å². The molecular formula is C22H26N4O3. The quantitative estimate of drug-likeness (QED) is 0.668. The monoisotopic (exact) mass is 394 g/mol. The van der Waals surface area contributed by atoms with E-state index in [9.17, 15) is 14.4 Å². The van der Waals surface area contributed by atoms with Gasteiger partial charge in [0.1, 0.15) is 0 Å². The van der Waals surface area contributed by atoms with Crippen LogP contribution in [0.5, 0.6) is 0 Å². The highest BCUT2D eigenvalue weighted by Gasteiger charge is 2.15. The Morgan fingerprint density at radius 3 is 2.21 bits per heavy atom. The van der Waals surface area contributed by atoms with E-state index < -0.39 is 0 Å². The van der Waals surface area contributed by atoms with Gasteiger partial charge in [-0.25, -0.2) is 4.79 Å². The van der Waals surface area contributed by atoms with Crippen molar-refractivity contribution in [1.82, 2.24) is 19.4 Å². The number of rotatable bonds is 7. The lowest BCUT2D eigenvalue weighted by Gasteiger charge is -2.17. The molecule has 1 N–H and O–H groups in total. The van der Waals surface area contributed by atoms with Crippen LogP contribution in [-0.2, 0) is 24.4 Å². The molecule has 3 rings (SSSR count). The molecule has 0 unspecified atom stereocenters. The minimum absolute atomic E-state index is 0.0411. The Morgan fingerprint density at radius 2 is 1.62 bits per heavy atom. The lowest BCUT2D eigenvalue weighted by atomic mass is 10.1. The van der Waals surface area contributed by atoms with Gasteiger partial charge in [-0.3, -0.25) is 18.7 Å². The van der Waals surface area contributed by atoms with E-state index in [1.165, 1.54) is 0 Å². The van der Waals surface area contributed by atoms with E-state index in [-0.39, 0.29) is 23.9 Å². The van der Waals surface area contributed by atoms with Gasteiger partial charge in [-0.2, -0.15) is 0 Å². The number of nitrogens with zero attached hydrogens (tertiary/aromatic N) is 3. The first-order chi connectivity index (χ1) is 14.0. The van der Waals surface area contributed by atoms with Crippen molar-refractivity contribution in [2.75, 3.05) is 14.1 Å². The Balaban J connectivity index is 1.67. The summed E-state index contributed by atoms with van der Waals surface area (Å²) in [5.74, 6) is -0.182. The SMILES string of the molecule is CCn1c(=O)n(CCC(=O)N(C)Cc2ccc(C(=O)NC)cc2)c2ccccc21. The number of benzene rings is 2. The summed E-state index contributed by atoms with van der Waals surface area (Å²) in [5.41, 5.74) is 3.16. The van der Waals surface area contributed by atoms with Crippen LogP contribution in [0.3, 0.4) is 0 Å². The topological polar surface area (TPSA) is 76.3 Å². The molecule has 0 atom stereocenters. The third-order valence-electron chi connectivity index (χ3n) is 5.08. The molecule has 3 aromatic rings. The smallest absolute Gasteiger partial charge is 0.329 e. The summed E-state index contributed by atoms with van der Waals surface area (Å²) >= 11 is 0. The Bertz CT molecular complexity index is 1080. The molecule has 1 aromatic heterocycles. The molecule has 0 spiro atoms. The van der Waals surface area contributed by atoms with Gasteiger partial charge in [-0.15, -0.1) is 0 Å². The Hall–Kier alpha value is -3.35. The number of aryl methyl sites for hydroxylation is 2. The van der Waals surface area contributed by atoms with E-state index in [4.69, 9.17) is 0 Å². The molecule has 0 radical (unpaired) electrons. The van der Waals surface area contributed by atoms with E-state index in [1.807, 2.05) is 43.3 Å². The summed E-state index contributed by atoms with van der Waals surface area (Å²) in [5, 5.41) is 2.58. The number of imidazole rings is 1. The Labute approximate surface area is 169 Å². The van der Waals surface area contributed by atoms with E-state index in [1.54, 1.807) is 40.3 Å². The van der Waals surface area contributed by atoms with Crippen LogP contribution in [0, 0.1) is 0 Å². The van der Waals surface area contributed by atoms with Gasteiger partial charge in [0.15, 0.2) is 0 Å². The molecule has 0 aliphatic carbocycles. The third kappa shape index (κ3) is 4.23. The van der Waals surface area contributed by atoms with Gasteiger partial charge in [0, 0.05) is 45.7 Å². The second kappa shape index (κ2) is 8.77. The molecule has 0 aliphatic rings. The van der Waals surface area contributed by atoms with Crippen molar-refractivity contribution in [3.05, 3.63) is 70.1 Å². The van der Waals surface area contributed by atoms with E-state index >= 15 is 0 Å². The van der Waals surface area contributed by atoms with Crippen LogP contribution in [0.4, 0.5) is 0 Å². The standard InChI is InChI=1S/C22H26N4O3/c1-4-25-18-7-5-6-8-19(18)26(22(25)29)14-13-20(27)24(3)15-16-9-11-17(12-10-16)21(28)23-2/h5-12H,4,13-15H2,1-3H3,(H,23,28). The van der Waals surface area contributed by atoms with Crippen molar-refractivity contribution in [2.45, 2.75) is 33.0 Å². The summed E-state index contributed by atoms with van der Waals surface area (Å²) in [7, 11) is 3.33. The van der Waals surface area contributed by atoms with Gasteiger partial charge in [0.2, 0.25) is 5.91 Å². The number of carbonyl (C=O) groups is 2. The van der Waals surface area contributed by atoms with Crippen LogP contribution in [0.15, 0.2) is 53.3 Å². The first-order valence-electron chi connectivity index (χ1n) is 9.69. The maximum absolute atomic E-state index is 12.7. The molecule has 7 heteroatoms. The maximum atomic E-state index is 12.7. The van der Waals surface area contributed by atoms with Crippen LogP contribution in [0.2, 0.25) is 0 Å². The minimum Gasteiger partial charge on any atom is -0.355 e.